The Hall–Kier alpha value is -0.430. The van der Waals surface area contributed by atoms with Crippen LogP contribution in [0.4, 0.5) is 0 Å². The average Bonchev–Trinajstić information content (AvgIpc) is 2.62. The minimum atomic E-state index is 0.427. The molecule has 0 N–H and O–H groups in total. The Bertz CT molecular complexity index is 215. The number of allylic oxidation sites excluding steroid dienone is 3. The molecule has 0 bridgehead atoms. The highest BCUT2D eigenvalue weighted by Crippen LogP contribution is 2.59. The Labute approximate surface area is 65.7 Å². The summed E-state index contributed by atoms with van der Waals surface area (Å²) in [6.07, 6.45) is 12.0. The second-order valence-corrected chi connectivity index (χ2v) is 4.23. The van der Waals surface area contributed by atoms with E-state index in [4.69, 9.17) is 0 Å². The SMILES string of the molecule is C=CCC12C=CC=CC1S2. The van der Waals surface area contributed by atoms with Gasteiger partial charge in [-0.15, -0.1) is 18.3 Å². The standard InChI is InChI=1S/C9H10S/c1-2-6-9-7-4-3-5-8(9)10-9/h2-5,7-8H,1,6H2. The first-order valence-electron chi connectivity index (χ1n) is 3.52. The van der Waals surface area contributed by atoms with Gasteiger partial charge in [-0.3, -0.25) is 0 Å². The lowest BCUT2D eigenvalue weighted by molar-refractivity contribution is 0.833. The maximum absolute atomic E-state index is 3.76. The van der Waals surface area contributed by atoms with Crippen molar-refractivity contribution in [2.24, 2.45) is 0 Å². The molecule has 1 fully saturated rings. The van der Waals surface area contributed by atoms with Crippen molar-refractivity contribution in [3.05, 3.63) is 37.0 Å². The minimum absolute atomic E-state index is 0.427. The van der Waals surface area contributed by atoms with Gasteiger partial charge in [0, 0.05) is 5.25 Å². The molecule has 0 aromatic heterocycles. The molecular weight excluding hydrogens is 140 g/mol. The lowest BCUT2D eigenvalue weighted by Crippen LogP contribution is -2.09. The fourth-order valence-corrected chi connectivity index (χ4v) is 2.58. The summed E-state index contributed by atoms with van der Waals surface area (Å²) < 4.78 is 0.427. The molecule has 0 radical (unpaired) electrons. The van der Waals surface area contributed by atoms with E-state index in [2.05, 4.69) is 30.9 Å². The van der Waals surface area contributed by atoms with Crippen LogP contribution in [-0.2, 0) is 0 Å². The van der Waals surface area contributed by atoms with Gasteiger partial charge in [0.15, 0.2) is 0 Å². The summed E-state index contributed by atoms with van der Waals surface area (Å²) in [5.74, 6) is 0. The van der Waals surface area contributed by atoms with Crippen LogP contribution in [-0.4, -0.2) is 10.00 Å². The van der Waals surface area contributed by atoms with Gasteiger partial charge < -0.3 is 0 Å². The molecule has 2 unspecified atom stereocenters. The summed E-state index contributed by atoms with van der Waals surface area (Å²) in [5, 5.41) is 0.746. The van der Waals surface area contributed by atoms with Gasteiger partial charge in [0.1, 0.15) is 0 Å². The van der Waals surface area contributed by atoms with E-state index in [1.165, 1.54) is 0 Å². The molecule has 1 aliphatic carbocycles. The zero-order chi connectivity index (χ0) is 7.03. The number of hydrogen-bond donors (Lipinski definition) is 0. The van der Waals surface area contributed by atoms with E-state index in [1.54, 1.807) is 0 Å². The van der Waals surface area contributed by atoms with E-state index in [1.807, 2.05) is 17.8 Å². The molecule has 1 heteroatoms. The molecule has 0 amide bonds. The first-order chi connectivity index (χ1) is 4.87. The van der Waals surface area contributed by atoms with Crippen molar-refractivity contribution in [3.63, 3.8) is 0 Å². The van der Waals surface area contributed by atoms with E-state index < -0.39 is 0 Å². The van der Waals surface area contributed by atoms with Crippen LogP contribution in [0.2, 0.25) is 0 Å². The Kier molecular flexibility index (Phi) is 1.27. The Morgan fingerprint density at radius 1 is 1.60 bits per heavy atom. The predicted molar refractivity (Wildman–Crippen MR) is 47.2 cm³/mol. The molecular formula is C9H10S. The highest BCUT2D eigenvalue weighted by molar-refractivity contribution is 8.09. The van der Waals surface area contributed by atoms with E-state index in [0.717, 1.165) is 11.7 Å². The summed E-state index contributed by atoms with van der Waals surface area (Å²) in [6, 6.07) is 0. The monoisotopic (exact) mass is 150 g/mol. The smallest absolute Gasteiger partial charge is 0.0536 e. The fraction of sp³-hybridized carbons (Fsp3) is 0.333. The van der Waals surface area contributed by atoms with E-state index in [0.29, 0.717) is 4.75 Å². The second-order valence-electron chi connectivity index (χ2n) is 2.73. The van der Waals surface area contributed by atoms with Gasteiger partial charge >= 0.3 is 0 Å². The van der Waals surface area contributed by atoms with Crippen LogP contribution in [0.25, 0.3) is 0 Å². The maximum Gasteiger partial charge on any atom is 0.0536 e. The van der Waals surface area contributed by atoms with Crippen molar-refractivity contribution in [1.82, 2.24) is 0 Å². The first-order valence-corrected chi connectivity index (χ1v) is 4.40. The van der Waals surface area contributed by atoms with Crippen molar-refractivity contribution in [3.8, 4) is 0 Å². The summed E-state index contributed by atoms with van der Waals surface area (Å²) in [5.41, 5.74) is 0. The van der Waals surface area contributed by atoms with E-state index >= 15 is 0 Å². The third kappa shape index (κ3) is 0.772. The van der Waals surface area contributed by atoms with Crippen molar-refractivity contribution in [2.75, 3.05) is 0 Å². The molecule has 10 heavy (non-hydrogen) atoms. The molecule has 0 aromatic rings. The van der Waals surface area contributed by atoms with Crippen molar-refractivity contribution < 1.29 is 0 Å². The Morgan fingerprint density at radius 3 is 3.20 bits per heavy atom. The molecule has 0 nitrogen and oxygen atoms in total. The zero-order valence-electron chi connectivity index (χ0n) is 5.79. The van der Waals surface area contributed by atoms with E-state index in [9.17, 15) is 0 Å². The Balaban J connectivity index is 2.15. The lowest BCUT2D eigenvalue weighted by atomic mass is 9.98. The van der Waals surface area contributed by atoms with E-state index in [-0.39, 0.29) is 0 Å². The van der Waals surface area contributed by atoms with Crippen molar-refractivity contribution in [2.45, 2.75) is 16.4 Å². The predicted octanol–water partition coefficient (Wildman–Crippen LogP) is 2.54. The third-order valence-corrected chi connectivity index (χ3v) is 3.58. The van der Waals surface area contributed by atoms with Gasteiger partial charge in [-0.25, -0.2) is 0 Å². The first kappa shape index (κ1) is 6.29. The lowest BCUT2D eigenvalue weighted by Gasteiger charge is -2.06. The van der Waals surface area contributed by atoms with Crippen LogP contribution in [0.5, 0.6) is 0 Å². The Morgan fingerprint density at radius 2 is 2.50 bits per heavy atom. The average molecular weight is 150 g/mol. The minimum Gasteiger partial charge on any atom is -0.140 e. The largest absolute Gasteiger partial charge is 0.140 e. The summed E-state index contributed by atoms with van der Waals surface area (Å²) in [4.78, 5) is 0. The van der Waals surface area contributed by atoms with Gasteiger partial charge in [-0.1, -0.05) is 30.4 Å². The molecule has 1 aliphatic heterocycles. The summed E-state index contributed by atoms with van der Waals surface area (Å²) >= 11 is 2.03. The van der Waals surface area contributed by atoms with Gasteiger partial charge in [-0.2, -0.15) is 0 Å². The molecule has 2 atom stereocenters. The fourth-order valence-electron chi connectivity index (χ4n) is 1.38. The molecule has 1 saturated heterocycles. The van der Waals surface area contributed by atoms with Crippen LogP contribution in [0.1, 0.15) is 6.42 Å². The quantitative estimate of drug-likeness (QED) is 0.430. The molecule has 0 spiro atoms. The van der Waals surface area contributed by atoms with Crippen molar-refractivity contribution in [1.29, 1.82) is 0 Å². The summed E-state index contributed by atoms with van der Waals surface area (Å²) in [7, 11) is 0. The number of fused-ring (bicyclic) bond motifs is 1. The highest BCUT2D eigenvalue weighted by Gasteiger charge is 2.51. The normalized spacial score (nSPS) is 41.0. The van der Waals surface area contributed by atoms with Crippen LogP contribution in [0.15, 0.2) is 37.0 Å². The maximum atomic E-state index is 3.76. The third-order valence-electron chi connectivity index (χ3n) is 2.01. The number of rotatable bonds is 2. The molecule has 2 aliphatic rings. The molecule has 0 aromatic carbocycles. The van der Waals surface area contributed by atoms with Crippen LogP contribution in [0, 0.1) is 0 Å². The molecule has 1 heterocycles. The molecule has 52 valence electrons. The zero-order valence-corrected chi connectivity index (χ0v) is 6.60. The highest BCUT2D eigenvalue weighted by atomic mass is 32.2. The molecule has 0 saturated carbocycles. The van der Waals surface area contributed by atoms with Gasteiger partial charge in [0.05, 0.1) is 4.75 Å². The second kappa shape index (κ2) is 2.03. The topological polar surface area (TPSA) is 0 Å². The number of hydrogen-bond acceptors (Lipinski definition) is 1. The van der Waals surface area contributed by atoms with Gasteiger partial charge in [0.2, 0.25) is 0 Å². The van der Waals surface area contributed by atoms with Crippen LogP contribution >= 0.6 is 11.8 Å². The van der Waals surface area contributed by atoms with Gasteiger partial charge in [0.25, 0.3) is 0 Å². The van der Waals surface area contributed by atoms with Crippen LogP contribution < -0.4 is 0 Å². The van der Waals surface area contributed by atoms with Crippen LogP contribution in [0.3, 0.4) is 0 Å². The molecule has 2 rings (SSSR count). The number of thioether (sulfide) groups is 1. The van der Waals surface area contributed by atoms with Gasteiger partial charge in [-0.05, 0) is 6.42 Å². The summed E-state index contributed by atoms with van der Waals surface area (Å²) in [6.45, 7) is 3.76. The van der Waals surface area contributed by atoms with Crippen molar-refractivity contribution >= 4 is 11.8 Å².